The van der Waals surface area contributed by atoms with Crippen molar-refractivity contribution in [2.24, 2.45) is 5.10 Å². The van der Waals surface area contributed by atoms with E-state index >= 15 is 0 Å². The van der Waals surface area contributed by atoms with E-state index in [1.54, 1.807) is 11.3 Å². The molecule has 0 unspecified atom stereocenters. The molecular formula is C11H10N4OS. The highest BCUT2D eigenvalue weighted by Crippen LogP contribution is 2.09. The number of nitrogens with one attached hydrogen (secondary N) is 1. The summed E-state index contributed by atoms with van der Waals surface area (Å²) in [5.74, 6) is -0.367. The highest BCUT2D eigenvalue weighted by atomic mass is 32.1. The van der Waals surface area contributed by atoms with E-state index in [-0.39, 0.29) is 11.6 Å². The molecule has 0 bridgehead atoms. The molecule has 0 atom stereocenters. The van der Waals surface area contributed by atoms with Crippen LogP contribution in [0.5, 0.6) is 0 Å². The number of amides is 1. The van der Waals surface area contributed by atoms with Crippen molar-refractivity contribution in [1.82, 2.24) is 15.4 Å². The standard InChI is InChI=1S/C11H10N4OS/c1-8(10-3-2-6-17-10)14-15-11(16)9-7-12-4-5-13-9/h2-7H,1H3,(H,15,16)/b14-8-. The van der Waals surface area contributed by atoms with Gasteiger partial charge in [0.1, 0.15) is 5.69 Å². The summed E-state index contributed by atoms with van der Waals surface area (Å²) in [7, 11) is 0. The molecular weight excluding hydrogens is 236 g/mol. The van der Waals surface area contributed by atoms with Crippen LogP contribution in [0.3, 0.4) is 0 Å². The van der Waals surface area contributed by atoms with Crippen LogP contribution < -0.4 is 5.43 Å². The minimum absolute atomic E-state index is 0.246. The Kier molecular flexibility index (Phi) is 3.56. The fraction of sp³-hybridized carbons (Fsp3) is 0.0909. The van der Waals surface area contributed by atoms with Gasteiger partial charge in [0.2, 0.25) is 0 Å². The highest BCUT2D eigenvalue weighted by Gasteiger charge is 2.05. The number of nitrogens with zero attached hydrogens (tertiary/aromatic N) is 3. The van der Waals surface area contributed by atoms with Crippen molar-refractivity contribution in [3.05, 3.63) is 46.7 Å². The van der Waals surface area contributed by atoms with E-state index in [1.807, 2.05) is 24.4 Å². The first-order valence-electron chi connectivity index (χ1n) is 4.92. The smallest absolute Gasteiger partial charge is 0.265 e. The molecule has 0 saturated carbocycles. The molecule has 0 aliphatic heterocycles. The predicted molar refractivity (Wildman–Crippen MR) is 66.0 cm³/mol. The van der Waals surface area contributed by atoms with Gasteiger partial charge in [-0.1, -0.05) is 6.07 Å². The van der Waals surface area contributed by atoms with E-state index in [2.05, 4.69) is 20.5 Å². The van der Waals surface area contributed by atoms with Gasteiger partial charge in [-0.2, -0.15) is 5.10 Å². The van der Waals surface area contributed by atoms with Crippen molar-refractivity contribution >= 4 is 23.0 Å². The zero-order valence-corrected chi connectivity index (χ0v) is 9.94. The Balaban J connectivity index is 2.04. The van der Waals surface area contributed by atoms with Gasteiger partial charge >= 0.3 is 0 Å². The molecule has 0 saturated heterocycles. The molecule has 0 radical (unpaired) electrons. The number of carbonyl (C=O) groups excluding carboxylic acids is 1. The molecule has 0 spiro atoms. The van der Waals surface area contributed by atoms with Crippen molar-refractivity contribution in [1.29, 1.82) is 0 Å². The van der Waals surface area contributed by atoms with Crippen molar-refractivity contribution in [2.75, 3.05) is 0 Å². The third-order valence-electron chi connectivity index (χ3n) is 2.00. The molecule has 0 aliphatic rings. The molecule has 2 heterocycles. The van der Waals surface area contributed by atoms with Crippen molar-refractivity contribution in [3.63, 3.8) is 0 Å². The molecule has 2 aromatic heterocycles. The van der Waals surface area contributed by atoms with E-state index < -0.39 is 0 Å². The molecule has 1 amide bonds. The fourth-order valence-electron chi connectivity index (χ4n) is 1.15. The average Bonchev–Trinajstić information content (AvgIpc) is 2.90. The number of aromatic nitrogens is 2. The first kappa shape index (κ1) is 11.4. The van der Waals surface area contributed by atoms with Crippen LogP contribution in [0.1, 0.15) is 22.3 Å². The van der Waals surface area contributed by atoms with E-state index in [4.69, 9.17) is 0 Å². The molecule has 86 valence electrons. The number of rotatable bonds is 3. The van der Waals surface area contributed by atoms with E-state index in [1.165, 1.54) is 18.6 Å². The van der Waals surface area contributed by atoms with Crippen LogP contribution in [0.15, 0.2) is 41.2 Å². The second kappa shape index (κ2) is 5.31. The lowest BCUT2D eigenvalue weighted by Crippen LogP contribution is -2.20. The number of hydrazone groups is 1. The summed E-state index contributed by atoms with van der Waals surface area (Å²) in [5, 5.41) is 5.96. The number of hydrogen-bond donors (Lipinski definition) is 1. The second-order valence-corrected chi connectivity index (χ2v) is 4.15. The molecule has 2 aromatic rings. The van der Waals surface area contributed by atoms with Gasteiger partial charge in [0, 0.05) is 17.3 Å². The summed E-state index contributed by atoms with van der Waals surface area (Å²) < 4.78 is 0. The molecule has 0 aromatic carbocycles. The second-order valence-electron chi connectivity index (χ2n) is 3.21. The van der Waals surface area contributed by atoms with Crippen molar-refractivity contribution in [3.8, 4) is 0 Å². The first-order valence-corrected chi connectivity index (χ1v) is 5.80. The van der Waals surface area contributed by atoms with Gasteiger partial charge in [-0.25, -0.2) is 10.4 Å². The van der Waals surface area contributed by atoms with Gasteiger partial charge in [-0.3, -0.25) is 9.78 Å². The maximum Gasteiger partial charge on any atom is 0.291 e. The highest BCUT2D eigenvalue weighted by molar-refractivity contribution is 7.12. The van der Waals surface area contributed by atoms with Crippen LogP contribution in [0.4, 0.5) is 0 Å². The van der Waals surface area contributed by atoms with Gasteiger partial charge < -0.3 is 0 Å². The quantitative estimate of drug-likeness (QED) is 0.662. The average molecular weight is 246 g/mol. The fourth-order valence-corrected chi connectivity index (χ4v) is 1.82. The zero-order chi connectivity index (χ0) is 12.1. The Bertz CT molecular complexity index is 522. The van der Waals surface area contributed by atoms with Crippen LogP contribution in [-0.4, -0.2) is 21.6 Å². The Labute approximate surface area is 102 Å². The minimum atomic E-state index is -0.367. The van der Waals surface area contributed by atoms with Crippen LogP contribution in [-0.2, 0) is 0 Å². The Morgan fingerprint density at radius 2 is 2.35 bits per heavy atom. The maximum absolute atomic E-state index is 11.6. The van der Waals surface area contributed by atoms with Gasteiger partial charge in [0.15, 0.2) is 0 Å². The molecule has 6 heteroatoms. The van der Waals surface area contributed by atoms with Crippen LogP contribution in [0, 0.1) is 0 Å². The van der Waals surface area contributed by atoms with Crippen molar-refractivity contribution in [2.45, 2.75) is 6.92 Å². The molecule has 1 N–H and O–H groups in total. The summed E-state index contributed by atoms with van der Waals surface area (Å²) in [6, 6.07) is 3.88. The normalized spacial score (nSPS) is 11.2. The lowest BCUT2D eigenvalue weighted by Gasteiger charge is -1.99. The van der Waals surface area contributed by atoms with Crippen LogP contribution in [0.2, 0.25) is 0 Å². The Morgan fingerprint density at radius 3 is 3.00 bits per heavy atom. The van der Waals surface area contributed by atoms with E-state index in [0.717, 1.165) is 10.6 Å². The monoisotopic (exact) mass is 246 g/mol. The predicted octanol–water partition coefficient (Wildman–Crippen LogP) is 1.69. The van der Waals surface area contributed by atoms with Crippen molar-refractivity contribution < 1.29 is 4.79 Å². The zero-order valence-electron chi connectivity index (χ0n) is 9.12. The largest absolute Gasteiger partial charge is 0.291 e. The number of thiophene rings is 1. The molecule has 17 heavy (non-hydrogen) atoms. The summed E-state index contributed by atoms with van der Waals surface area (Å²) in [5.41, 5.74) is 3.45. The van der Waals surface area contributed by atoms with Crippen LogP contribution in [0.25, 0.3) is 0 Å². The summed E-state index contributed by atoms with van der Waals surface area (Å²) in [6.07, 6.45) is 4.37. The number of hydrogen-bond acceptors (Lipinski definition) is 5. The van der Waals surface area contributed by atoms with Crippen LogP contribution >= 0.6 is 11.3 Å². The lowest BCUT2D eigenvalue weighted by molar-refractivity contribution is 0.0949. The Hall–Kier alpha value is -2.08. The van der Waals surface area contributed by atoms with E-state index in [0.29, 0.717) is 0 Å². The number of carbonyl (C=O) groups is 1. The van der Waals surface area contributed by atoms with Gasteiger partial charge in [-0.05, 0) is 18.4 Å². The van der Waals surface area contributed by atoms with Gasteiger partial charge in [-0.15, -0.1) is 11.3 Å². The van der Waals surface area contributed by atoms with Gasteiger partial charge in [0.05, 0.1) is 11.9 Å². The van der Waals surface area contributed by atoms with Gasteiger partial charge in [0.25, 0.3) is 5.91 Å². The summed E-state index contributed by atoms with van der Waals surface area (Å²) >= 11 is 1.57. The van der Waals surface area contributed by atoms with E-state index in [9.17, 15) is 4.79 Å². The minimum Gasteiger partial charge on any atom is -0.265 e. The SMILES string of the molecule is C/C(=N/NC(=O)c1cnccn1)c1cccs1. The molecule has 0 fully saturated rings. The molecule has 0 aliphatic carbocycles. The Morgan fingerprint density at radius 1 is 1.47 bits per heavy atom. The maximum atomic E-state index is 11.6. The summed E-state index contributed by atoms with van der Waals surface area (Å²) in [4.78, 5) is 20.3. The topological polar surface area (TPSA) is 67.2 Å². The first-order chi connectivity index (χ1) is 8.27. The molecule has 5 nitrogen and oxygen atoms in total. The third-order valence-corrected chi connectivity index (χ3v) is 2.98. The lowest BCUT2D eigenvalue weighted by atomic mass is 10.3. The summed E-state index contributed by atoms with van der Waals surface area (Å²) in [6.45, 7) is 1.84. The molecule has 2 rings (SSSR count). The third kappa shape index (κ3) is 2.94.